The lowest BCUT2D eigenvalue weighted by Gasteiger charge is -2.40. The third-order valence-electron chi connectivity index (χ3n) is 4.96. The van der Waals surface area contributed by atoms with Crippen LogP contribution in [0.1, 0.15) is 37.7 Å². The predicted octanol–water partition coefficient (Wildman–Crippen LogP) is 4.04. The Balaban J connectivity index is 1.96. The summed E-state index contributed by atoms with van der Waals surface area (Å²) in [7, 11) is 0. The molecule has 128 valence electrons. The highest BCUT2D eigenvalue weighted by Crippen LogP contribution is 2.52. The van der Waals surface area contributed by atoms with Crippen molar-refractivity contribution in [2.75, 3.05) is 0 Å². The van der Waals surface area contributed by atoms with Gasteiger partial charge in [-0.2, -0.15) is 10.5 Å². The van der Waals surface area contributed by atoms with E-state index in [0.717, 1.165) is 32.1 Å². The smallest absolute Gasteiger partial charge is 0.127 e. The van der Waals surface area contributed by atoms with E-state index in [2.05, 4.69) is 17.5 Å². The average Bonchev–Trinajstić information content (AvgIpc) is 2.62. The SMILES string of the molecule is N#CC1=C(N)NC(SCc2ccccc2F)=C(C#N)C12CCCCC2. The van der Waals surface area contributed by atoms with Crippen LogP contribution in [0.4, 0.5) is 4.39 Å². The molecule has 1 saturated carbocycles. The van der Waals surface area contributed by atoms with Gasteiger partial charge in [0.05, 0.1) is 28.3 Å². The molecule has 0 saturated heterocycles. The summed E-state index contributed by atoms with van der Waals surface area (Å²) in [5.41, 5.74) is 7.14. The van der Waals surface area contributed by atoms with Gasteiger partial charge in [0.2, 0.25) is 0 Å². The van der Waals surface area contributed by atoms with Gasteiger partial charge in [-0.3, -0.25) is 0 Å². The van der Waals surface area contributed by atoms with E-state index < -0.39 is 5.41 Å². The Hall–Kier alpha value is -2.44. The zero-order valence-corrected chi connectivity index (χ0v) is 14.6. The van der Waals surface area contributed by atoms with E-state index in [0.29, 0.717) is 33.3 Å². The Labute approximate surface area is 151 Å². The predicted molar refractivity (Wildman–Crippen MR) is 95.8 cm³/mol. The lowest BCUT2D eigenvalue weighted by Crippen LogP contribution is -2.39. The minimum atomic E-state index is -0.589. The summed E-state index contributed by atoms with van der Waals surface area (Å²) in [6.07, 6.45) is 4.55. The lowest BCUT2D eigenvalue weighted by atomic mass is 9.64. The normalized spacial score (nSPS) is 19.3. The highest BCUT2D eigenvalue weighted by Gasteiger charge is 2.45. The zero-order chi connectivity index (χ0) is 17.9. The Bertz CT molecular complexity index is 823. The summed E-state index contributed by atoms with van der Waals surface area (Å²) in [6.45, 7) is 0. The standard InChI is InChI=1S/C19H19FN4S/c20-16-7-3-2-6-13(16)12-25-18-15(11-22)19(8-4-1-5-9-19)14(10-21)17(23)24-18/h2-3,6-7,24H,1,4-5,8-9,12,23H2. The van der Waals surface area contributed by atoms with Crippen LogP contribution in [0.25, 0.3) is 0 Å². The third kappa shape index (κ3) is 3.10. The van der Waals surface area contributed by atoms with Gasteiger partial charge in [-0.1, -0.05) is 37.5 Å². The summed E-state index contributed by atoms with van der Waals surface area (Å²) >= 11 is 1.36. The monoisotopic (exact) mass is 354 g/mol. The van der Waals surface area contributed by atoms with E-state index in [1.165, 1.54) is 17.8 Å². The number of dihydropyridines is 1. The molecule has 4 nitrogen and oxygen atoms in total. The van der Waals surface area contributed by atoms with E-state index in [4.69, 9.17) is 5.73 Å². The maximum Gasteiger partial charge on any atom is 0.127 e. The van der Waals surface area contributed by atoms with Gasteiger partial charge in [0.1, 0.15) is 11.6 Å². The third-order valence-corrected chi connectivity index (χ3v) is 6.01. The topological polar surface area (TPSA) is 85.6 Å². The maximum atomic E-state index is 13.9. The quantitative estimate of drug-likeness (QED) is 0.855. The van der Waals surface area contributed by atoms with Crippen molar-refractivity contribution in [2.24, 2.45) is 11.1 Å². The first kappa shape index (κ1) is 17.4. The number of rotatable bonds is 3. The molecule has 1 aromatic rings. The van der Waals surface area contributed by atoms with E-state index in [9.17, 15) is 14.9 Å². The molecular weight excluding hydrogens is 335 g/mol. The summed E-state index contributed by atoms with van der Waals surface area (Å²) in [4.78, 5) is 0. The van der Waals surface area contributed by atoms with Gasteiger partial charge >= 0.3 is 0 Å². The van der Waals surface area contributed by atoms with Crippen LogP contribution < -0.4 is 11.1 Å². The molecule has 0 atom stereocenters. The van der Waals surface area contributed by atoms with Crippen molar-refractivity contribution in [3.05, 3.63) is 57.6 Å². The molecule has 1 spiro atoms. The second-order valence-corrected chi connectivity index (χ2v) is 7.35. The van der Waals surface area contributed by atoms with Gasteiger partial charge in [0.15, 0.2) is 0 Å². The van der Waals surface area contributed by atoms with Gasteiger partial charge < -0.3 is 11.1 Å². The minimum Gasteiger partial charge on any atom is -0.384 e. The molecule has 25 heavy (non-hydrogen) atoms. The number of hydrogen-bond acceptors (Lipinski definition) is 5. The molecule has 1 aliphatic heterocycles. The van der Waals surface area contributed by atoms with Crippen molar-refractivity contribution < 1.29 is 4.39 Å². The van der Waals surface area contributed by atoms with Crippen molar-refractivity contribution in [3.8, 4) is 12.1 Å². The number of nitriles is 2. The highest BCUT2D eigenvalue weighted by molar-refractivity contribution is 8.02. The molecule has 0 bridgehead atoms. The van der Waals surface area contributed by atoms with Crippen molar-refractivity contribution in [1.29, 1.82) is 10.5 Å². The number of nitrogens with one attached hydrogen (secondary N) is 1. The molecule has 0 unspecified atom stereocenters. The van der Waals surface area contributed by atoms with Gasteiger partial charge in [-0.05, 0) is 24.5 Å². The maximum absolute atomic E-state index is 13.9. The summed E-state index contributed by atoms with van der Waals surface area (Å²) < 4.78 is 13.9. The molecule has 6 heteroatoms. The van der Waals surface area contributed by atoms with Crippen LogP contribution in [-0.4, -0.2) is 0 Å². The molecule has 2 aliphatic rings. The van der Waals surface area contributed by atoms with Crippen molar-refractivity contribution in [3.63, 3.8) is 0 Å². The van der Waals surface area contributed by atoms with Crippen LogP contribution in [0.15, 0.2) is 46.3 Å². The first-order valence-corrected chi connectivity index (χ1v) is 9.29. The van der Waals surface area contributed by atoms with Crippen LogP contribution in [0.3, 0.4) is 0 Å². The van der Waals surface area contributed by atoms with E-state index >= 15 is 0 Å². The second-order valence-electron chi connectivity index (χ2n) is 6.36. The average molecular weight is 354 g/mol. The fourth-order valence-electron chi connectivity index (χ4n) is 3.70. The Kier molecular flexibility index (Phi) is 5.01. The number of halogens is 1. The number of thioether (sulfide) groups is 1. The Morgan fingerprint density at radius 2 is 1.80 bits per heavy atom. The molecule has 1 aliphatic carbocycles. The van der Waals surface area contributed by atoms with E-state index in [-0.39, 0.29) is 5.82 Å². The van der Waals surface area contributed by atoms with Crippen molar-refractivity contribution in [2.45, 2.75) is 37.9 Å². The number of allylic oxidation sites excluding steroid dienone is 2. The molecule has 3 rings (SSSR count). The molecule has 1 heterocycles. The number of benzene rings is 1. The van der Waals surface area contributed by atoms with Crippen LogP contribution >= 0.6 is 11.8 Å². The first-order valence-electron chi connectivity index (χ1n) is 8.31. The molecule has 3 N–H and O–H groups in total. The molecule has 0 radical (unpaired) electrons. The minimum absolute atomic E-state index is 0.265. The zero-order valence-electron chi connectivity index (χ0n) is 13.8. The number of hydrogen-bond donors (Lipinski definition) is 2. The summed E-state index contributed by atoms with van der Waals surface area (Å²) in [5.74, 6) is 0.448. The van der Waals surface area contributed by atoms with Gasteiger partial charge in [-0.25, -0.2) is 4.39 Å². The van der Waals surface area contributed by atoms with Crippen molar-refractivity contribution >= 4 is 11.8 Å². The van der Waals surface area contributed by atoms with Crippen LogP contribution in [0.2, 0.25) is 0 Å². The molecule has 0 amide bonds. The van der Waals surface area contributed by atoms with Crippen LogP contribution in [0.5, 0.6) is 0 Å². The van der Waals surface area contributed by atoms with Gasteiger partial charge in [0, 0.05) is 11.2 Å². The molecule has 0 aromatic heterocycles. The fraction of sp³-hybridized carbons (Fsp3) is 0.368. The van der Waals surface area contributed by atoms with Gasteiger partial charge in [0.25, 0.3) is 0 Å². The van der Waals surface area contributed by atoms with Crippen LogP contribution in [0, 0.1) is 33.9 Å². The number of nitrogens with zero attached hydrogens (tertiary/aromatic N) is 2. The largest absolute Gasteiger partial charge is 0.384 e. The second kappa shape index (κ2) is 7.21. The van der Waals surface area contributed by atoms with Crippen molar-refractivity contribution in [1.82, 2.24) is 5.32 Å². The highest BCUT2D eigenvalue weighted by atomic mass is 32.2. The van der Waals surface area contributed by atoms with Crippen LogP contribution in [-0.2, 0) is 5.75 Å². The summed E-state index contributed by atoms with van der Waals surface area (Å²) in [5, 5.41) is 23.1. The van der Waals surface area contributed by atoms with E-state index in [1.807, 2.05) is 0 Å². The summed E-state index contributed by atoms with van der Waals surface area (Å²) in [6, 6.07) is 11.1. The molecule has 1 aromatic carbocycles. The Morgan fingerprint density at radius 3 is 2.44 bits per heavy atom. The Morgan fingerprint density at radius 1 is 1.12 bits per heavy atom. The lowest BCUT2D eigenvalue weighted by molar-refractivity contribution is 0.294. The molecular formula is C19H19FN4S. The van der Waals surface area contributed by atoms with Gasteiger partial charge in [-0.15, -0.1) is 11.8 Å². The van der Waals surface area contributed by atoms with E-state index in [1.54, 1.807) is 18.2 Å². The number of nitrogens with two attached hydrogens (primary N) is 1. The fourth-order valence-corrected chi connectivity index (χ4v) is 4.80. The first-order chi connectivity index (χ1) is 12.1. The molecule has 1 fully saturated rings.